The lowest BCUT2D eigenvalue weighted by Crippen LogP contribution is -2.59. The molecule has 1 N–H and O–H groups in total. The van der Waals surface area contributed by atoms with Crippen LogP contribution in [0.3, 0.4) is 0 Å². The summed E-state index contributed by atoms with van der Waals surface area (Å²) in [5.74, 6) is -2.39. The van der Waals surface area contributed by atoms with E-state index < -0.39 is 41.6 Å². The predicted octanol–water partition coefficient (Wildman–Crippen LogP) is 2.92. The van der Waals surface area contributed by atoms with Gasteiger partial charge in [-0.05, 0) is 49.1 Å². The fraction of sp³-hybridized carbons (Fsp3) is 0.406. The third-order valence-electron chi connectivity index (χ3n) is 8.47. The molecule has 0 aromatic heterocycles. The fourth-order valence-corrected chi connectivity index (χ4v) is 6.77. The maximum atomic E-state index is 14.7. The highest BCUT2D eigenvalue weighted by molar-refractivity contribution is 6.04. The zero-order valence-electron chi connectivity index (χ0n) is 23.2. The van der Waals surface area contributed by atoms with Gasteiger partial charge in [-0.15, -0.1) is 6.58 Å². The number of fused-ring (bicyclic) bond motifs is 1. The van der Waals surface area contributed by atoms with E-state index in [1.54, 1.807) is 42.4 Å². The number of hydrogen-bond donors (Lipinski definition) is 1. The topological polar surface area (TPSA) is 106 Å². The number of carbonyl (C=O) groups is 3. The van der Waals surface area contributed by atoms with E-state index in [9.17, 15) is 19.5 Å². The lowest BCUT2D eigenvalue weighted by Gasteiger charge is -2.39. The molecule has 5 rings (SSSR count). The molecule has 3 saturated heterocycles. The Hall–Kier alpha value is -3.95. The van der Waals surface area contributed by atoms with Gasteiger partial charge in [-0.2, -0.15) is 0 Å². The first-order chi connectivity index (χ1) is 19.9. The fourth-order valence-electron chi connectivity index (χ4n) is 6.77. The molecule has 2 aromatic rings. The largest absolute Gasteiger partial charge is 0.497 e. The van der Waals surface area contributed by atoms with Crippen LogP contribution in [-0.2, 0) is 30.3 Å². The van der Waals surface area contributed by atoms with E-state index in [1.807, 2.05) is 30.3 Å². The molecular formula is C32H36N2O7. The molecule has 0 saturated carbocycles. The van der Waals surface area contributed by atoms with Crippen LogP contribution in [0.15, 0.2) is 79.9 Å². The van der Waals surface area contributed by atoms with Gasteiger partial charge in [-0.25, -0.2) is 0 Å². The highest BCUT2D eigenvalue weighted by Gasteiger charge is 2.75. The minimum atomic E-state index is -1.23. The molecule has 6 atom stereocenters. The van der Waals surface area contributed by atoms with Crippen LogP contribution in [0.1, 0.15) is 18.4 Å². The summed E-state index contributed by atoms with van der Waals surface area (Å²) in [7, 11) is 1.56. The minimum Gasteiger partial charge on any atom is -0.497 e. The number of carbonyl (C=O) groups excluding carboxylic acids is 3. The third-order valence-corrected chi connectivity index (χ3v) is 8.47. The van der Waals surface area contributed by atoms with Crippen molar-refractivity contribution >= 4 is 23.5 Å². The first-order valence-electron chi connectivity index (χ1n) is 13.9. The van der Waals surface area contributed by atoms with E-state index in [1.165, 1.54) is 11.0 Å². The molecule has 1 spiro atoms. The predicted molar refractivity (Wildman–Crippen MR) is 152 cm³/mol. The summed E-state index contributed by atoms with van der Waals surface area (Å²) in [6.45, 7) is 7.28. The molecule has 0 aliphatic carbocycles. The van der Waals surface area contributed by atoms with E-state index in [4.69, 9.17) is 14.2 Å². The second-order valence-electron chi connectivity index (χ2n) is 10.7. The van der Waals surface area contributed by atoms with Crippen LogP contribution >= 0.6 is 0 Å². The second kappa shape index (κ2) is 11.9. The molecule has 3 aliphatic heterocycles. The molecule has 9 nitrogen and oxygen atoms in total. The van der Waals surface area contributed by atoms with Crippen molar-refractivity contribution in [2.45, 2.75) is 43.1 Å². The lowest BCUT2D eigenvalue weighted by molar-refractivity contribution is -0.154. The number of methoxy groups -OCH3 is 1. The normalized spacial score (nSPS) is 26.8. The number of rotatable bonds is 12. The molecule has 3 fully saturated rings. The van der Waals surface area contributed by atoms with Gasteiger partial charge in [0, 0.05) is 12.2 Å². The highest BCUT2D eigenvalue weighted by Crippen LogP contribution is 2.59. The van der Waals surface area contributed by atoms with Crippen molar-refractivity contribution < 1.29 is 33.7 Å². The Balaban J connectivity index is 1.58. The molecular weight excluding hydrogens is 524 g/mol. The van der Waals surface area contributed by atoms with Crippen molar-refractivity contribution in [1.82, 2.24) is 4.90 Å². The minimum absolute atomic E-state index is 0.0138. The van der Waals surface area contributed by atoms with Crippen LogP contribution in [0.25, 0.3) is 0 Å². The quantitative estimate of drug-likeness (QED) is 0.314. The van der Waals surface area contributed by atoms with Gasteiger partial charge in [0.15, 0.2) is 0 Å². The van der Waals surface area contributed by atoms with E-state index in [2.05, 4.69) is 13.2 Å². The Morgan fingerprint density at radius 2 is 1.90 bits per heavy atom. The average molecular weight is 561 g/mol. The Bertz CT molecular complexity index is 1300. The highest BCUT2D eigenvalue weighted by atomic mass is 16.6. The van der Waals surface area contributed by atoms with Gasteiger partial charge >= 0.3 is 5.97 Å². The van der Waals surface area contributed by atoms with Crippen molar-refractivity contribution in [2.24, 2.45) is 11.8 Å². The standard InChI is InChI=1S/C32H36N2O7/c1-4-17-33(22-11-13-24(39-3)14-12-22)30(37)28-32-16-15-25(41-32)26(31(38)40-18-5-2)27(32)29(36)34(28)23(20-35)19-21-9-7-6-8-10-21/h4-14,23,25-28,35H,1-2,15-20H2,3H3/t23-,25-,26+,27+,28?,32?/m1/s1. The monoisotopic (exact) mass is 560 g/mol. The van der Waals surface area contributed by atoms with Crippen LogP contribution in [0.2, 0.25) is 0 Å². The van der Waals surface area contributed by atoms with E-state index in [0.29, 0.717) is 30.7 Å². The molecule has 3 heterocycles. The average Bonchev–Trinajstić information content (AvgIpc) is 3.65. The number of aliphatic hydroxyl groups excluding tert-OH is 1. The summed E-state index contributed by atoms with van der Waals surface area (Å²) in [6, 6.07) is 14.8. The number of hydrogen-bond acceptors (Lipinski definition) is 7. The first-order valence-corrected chi connectivity index (χ1v) is 13.9. The number of ether oxygens (including phenoxy) is 3. The smallest absolute Gasteiger partial charge is 0.312 e. The van der Waals surface area contributed by atoms with E-state index in [0.717, 1.165) is 5.56 Å². The summed E-state index contributed by atoms with van der Waals surface area (Å²) in [5.41, 5.74) is 0.276. The van der Waals surface area contributed by atoms with Crippen molar-refractivity contribution in [3.63, 3.8) is 0 Å². The molecule has 2 bridgehead atoms. The third kappa shape index (κ3) is 4.93. The summed E-state index contributed by atoms with van der Waals surface area (Å²) in [4.78, 5) is 45.3. The molecule has 3 aliphatic rings. The number of esters is 1. The Morgan fingerprint density at radius 3 is 2.54 bits per heavy atom. The molecule has 2 aromatic carbocycles. The summed E-state index contributed by atoms with van der Waals surface area (Å²) >= 11 is 0. The number of likely N-dealkylation sites (tertiary alicyclic amines) is 1. The second-order valence-corrected chi connectivity index (χ2v) is 10.7. The number of aliphatic hydroxyl groups is 1. The SMILES string of the molecule is C=CCOC(=O)[C@@H]1[C@H]2C(=O)N([C@@H](CO)Cc3ccccc3)C(C(=O)N(CC=C)c3ccc(OC)cc3)C23CC[C@H]1O3. The van der Waals surface area contributed by atoms with Crippen LogP contribution in [0.5, 0.6) is 5.75 Å². The summed E-state index contributed by atoms with van der Waals surface area (Å²) < 4.78 is 17.2. The van der Waals surface area contributed by atoms with E-state index >= 15 is 0 Å². The van der Waals surface area contributed by atoms with Gasteiger partial charge < -0.3 is 29.1 Å². The Labute approximate surface area is 240 Å². The van der Waals surface area contributed by atoms with Crippen molar-refractivity contribution in [1.29, 1.82) is 0 Å². The zero-order chi connectivity index (χ0) is 29.1. The first kappa shape index (κ1) is 28.6. The summed E-state index contributed by atoms with van der Waals surface area (Å²) in [5, 5.41) is 10.6. The van der Waals surface area contributed by atoms with Crippen LogP contribution in [-0.4, -0.2) is 78.4 Å². The maximum Gasteiger partial charge on any atom is 0.312 e. The molecule has 2 unspecified atom stereocenters. The molecule has 41 heavy (non-hydrogen) atoms. The number of benzene rings is 2. The van der Waals surface area contributed by atoms with Crippen molar-refractivity contribution in [2.75, 3.05) is 31.8 Å². The van der Waals surface area contributed by atoms with Gasteiger partial charge in [0.05, 0.1) is 37.7 Å². The van der Waals surface area contributed by atoms with E-state index in [-0.39, 0.29) is 31.6 Å². The number of nitrogens with zero attached hydrogens (tertiary/aromatic N) is 2. The van der Waals surface area contributed by atoms with Gasteiger partial charge in [0.1, 0.15) is 24.0 Å². The van der Waals surface area contributed by atoms with Crippen LogP contribution < -0.4 is 9.64 Å². The van der Waals surface area contributed by atoms with Gasteiger partial charge in [-0.3, -0.25) is 14.4 Å². The van der Waals surface area contributed by atoms with Crippen LogP contribution in [0.4, 0.5) is 5.69 Å². The molecule has 0 radical (unpaired) electrons. The number of amides is 2. The Kier molecular flexibility index (Phi) is 8.28. The van der Waals surface area contributed by atoms with Crippen LogP contribution in [0, 0.1) is 11.8 Å². The molecule has 216 valence electrons. The van der Waals surface area contributed by atoms with Gasteiger partial charge in [-0.1, -0.05) is 49.1 Å². The van der Waals surface area contributed by atoms with Crippen molar-refractivity contribution in [3.05, 3.63) is 85.5 Å². The zero-order valence-corrected chi connectivity index (χ0v) is 23.2. The number of anilines is 1. The van der Waals surface area contributed by atoms with Gasteiger partial charge in [0.25, 0.3) is 5.91 Å². The summed E-state index contributed by atoms with van der Waals surface area (Å²) in [6.07, 6.45) is 3.83. The molecule has 2 amide bonds. The molecule has 9 heteroatoms. The van der Waals surface area contributed by atoms with Gasteiger partial charge in [0.2, 0.25) is 5.91 Å². The Morgan fingerprint density at radius 1 is 1.17 bits per heavy atom. The van der Waals surface area contributed by atoms with Crippen molar-refractivity contribution in [3.8, 4) is 5.75 Å². The maximum absolute atomic E-state index is 14.7. The lowest BCUT2D eigenvalue weighted by atomic mass is 9.70.